The number of aromatic nitrogens is 2. The van der Waals surface area contributed by atoms with Gasteiger partial charge in [-0.25, -0.2) is 0 Å². The van der Waals surface area contributed by atoms with Crippen molar-refractivity contribution in [1.29, 1.82) is 0 Å². The van der Waals surface area contributed by atoms with Crippen LogP contribution < -0.4 is 5.32 Å². The van der Waals surface area contributed by atoms with E-state index >= 15 is 0 Å². The van der Waals surface area contributed by atoms with Gasteiger partial charge in [0.2, 0.25) is 6.33 Å². The number of hydrogen-bond donors (Lipinski definition) is 1. The molecule has 0 saturated carbocycles. The van der Waals surface area contributed by atoms with Gasteiger partial charge < -0.3 is 20.0 Å². The molecule has 0 unspecified atom stereocenters. The molecule has 0 saturated heterocycles. The van der Waals surface area contributed by atoms with Gasteiger partial charge in [0.05, 0.1) is 0 Å². The topological polar surface area (TPSA) is 73.0 Å². The van der Waals surface area contributed by atoms with Crippen molar-refractivity contribution in [2.45, 2.75) is 6.54 Å². The van der Waals surface area contributed by atoms with Crippen LogP contribution in [0.2, 0.25) is 0 Å². The summed E-state index contributed by atoms with van der Waals surface area (Å²) in [6.07, 6.45) is 2.82. The third kappa shape index (κ3) is 2.67. The molecule has 0 aromatic carbocycles. The number of likely N-dealkylation sites (N-methyl/N-ethyl adjacent to an activating group) is 1. The summed E-state index contributed by atoms with van der Waals surface area (Å²) >= 11 is 0. The second-order valence-corrected chi connectivity index (χ2v) is 2.94. The van der Waals surface area contributed by atoms with Crippen LogP contribution in [-0.4, -0.2) is 28.1 Å². The van der Waals surface area contributed by atoms with E-state index in [1.165, 1.54) is 12.5 Å². The lowest BCUT2D eigenvalue weighted by atomic mass is 10.3. The van der Waals surface area contributed by atoms with E-state index in [2.05, 4.69) is 16.9 Å². The van der Waals surface area contributed by atoms with E-state index in [9.17, 15) is 10.1 Å². The Balaban J connectivity index is 2.59. The van der Waals surface area contributed by atoms with Crippen LogP contribution in [0.25, 0.3) is 0 Å². The second-order valence-electron chi connectivity index (χ2n) is 2.94. The van der Waals surface area contributed by atoms with Crippen molar-refractivity contribution in [2.75, 3.05) is 13.6 Å². The van der Waals surface area contributed by atoms with Crippen molar-refractivity contribution in [3.63, 3.8) is 0 Å². The first-order valence-electron chi connectivity index (χ1n) is 4.11. The molecule has 0 aliphatic heterocycles. The summed E-state index contributed by atoms with van der Waals surface area (Å²) in [5.74, 6) is -0.137. The quantitative estimate of drug-likeness (QED) is 0.424. The second kappa shape index (κ2) is 4.52. The summed E-state index contributed by atoms with van der Waals surface area (Å²) < 4.78 is 1.64. The number of rotatable bonds is 5. The van der Waals surface area contributed by atoms with Crippen LogP contribution in [-0.2, 0) is 6.54 Å². The van der Waals surface area contributed by atoms with Crippen molar-refractivity contribution in [3.05, 3.63) is 34.8 Å². The Morgan fingerprint density at radius 1 is 1.86 bits per heavy atom. The molecule has 6 heteroatoms. The van der Waals surface area contributed by atoms with Crippen LogP contribution in [0.3, 0.4) is 0 Å². The fraction of sp³-hybridized carbons (Fsp3) is 0.375. The summed E-state index contributed by atoms with van der Waals surface area (Å²) in [5.41, 5.74) is 0.944. The van der Waals surface area contributed by atoms with Gasteiger partial charge in [0.1, 0.15) is 6.20 Å². The minimum atomic E-state index is -0.517. The number of nitro groups is 1. The largest absolute Gasteiger partial charge is 0.381 e. The molecule has 1 rings (SSSR count). The molecule has 0 atom stereocenters. The number of nitrogens with zero attached hydrogens (tertiary/aromatic N) is 3. The molecule has 0 bridgehead atoms. The maximum absolute atomic E-state index is 10.3. The minimum Gasteiger partial charge on any atom is -0.358 e. The van der Waals surface area contributed by atoms with Crippen LogP contribution in [0.4, 0.5) is 5.82 Å². The third-order valence-electron chi connectivity index (χ3n) is 1.64. The number of hydrogen-bond acceptors (Lipinski definition) is 4. The zero-order chi connectivity index (χ0) is 10.6. The van der Waals surface area contributed by atoms with Gasteiger partial charge in [-0.1, -0.05) is 6.58 Å². The molecule has 0 spiro atoms. The molecule has 76 valence electrons. The number of imidazole rings is 1. The van der Waals surface area contributed by atoms with Crippen molar-refractivity contribution in [3.8, 4) is 0 Å². The smallest absolute Gasteiger partial charge is 0.358 e. The lowest BCUT2D eigenvalue weighted by Gasteiger charge is -2.03. The van der Waals surface area contributed by atoms with Gasteiger partial charge in [-0.2, -0.15) is 0 Å². The molecule has 0 amide bonds. The van der Waals surface area contributed by atoms with Crippen LogP contribution in [0.15, 0.2) is 24.7 Å². The van der Waals surface area contributed by atoms with Crippen molar-refractivity contribution < 1.29 is 4.92 Å². The van der Waals surface area contributed by atoms with E-state index in [0.29, 0.717) is 13.1 Å². The van der Waals surface area contributed by atoms with Gasteiger partial charge in [0.25, 0.3) is 0 Å². The first-order valence-corrected chi connectivity index (χ1v) is 4.11. The molecule has 6 nitrogen and oxygen atoms in total. The van der Waals surface area contributed by atoms with Crippen molar-refractivity contribution in [2.24, 2.45) is 0 Å². The van der Waals surface area contributed by atoms with Gasteiger partial charge in [0, 0.05) is 13.1 Å². The first-order chi connectivity index (χ1) is 6.63. The first kappa shape index (κ1) is 10.4. The third-order valence-corrected chi connectivity index (χ3v) is 1.64. The zero-order valence-corrected chi connectivity index (χ0v) is 7.93. The molecule has 0 aliphatic carbocycles. The summed E-state index contributed by atoms with van der Waals surface area (Å²) in [4.78, 5) is 13.4. The molecule has 14 heavy (non-hydrogen) atoms. The Labute approximate surface area is 81.4 Å². The maximum Gasteiger partial charge on any atom is 0.381 e. The van der Waals surface area contributed by atoms with E-state index in [1.807, 2.05) is 7.05 Å². The molecule has 1 heterocycles. The Kier molecular flexibility index (Phi) is 3.35. The molecule has 1 aromatic heterocycles. The van der Waals surface area contributed by atoms with E-state index in [-0.39, 0.29) is 5.82 Å². The van der Waals surface area contributed by atoms with E-state index in [1.54, 1.807) is 4.57 Å². The normalized spacial score (nSPS) is 10.1. The zero-order valence-electron chi connectivity index (χ0n) is 7.93. The lowest BCUT2D eigenvalue weighted by Crippen LogP contribution is -2.13. The highest BCUT2D eigenvalue weighted by molar-refractivity contribution is 5.13. The van der Waals surface area contributed by atoms with Gasteiger partial charge in [0.15, 0.2) is 0 Å². The van der Waals surface area contributed by atoms with Gasteiger partial charge >= 0.3 is 5.82 Å². The monoisotopic (exact) mass is 196 g/mol. The van der Waals surface area contributed by atoms with E-state index in [4.69, 9.17) is 0 Å². The highest BCUT2D eigenvalue weighted by atomic mass is 16.6. The highest BCUT2D eigenvalue weighted by Gasteiger charge is 2.09. The molecule has 0 aliphatic rings. The van der Waals surface area contributed by atoms with Crippen LogP contribution in [0, 0.1) is 10.1 Å². The van der Waals surface area contributed by atoms with E-state index < -0.39 is 4.92 Å². The molecule has 1 aromatic rings. The van der Waals surface area contributed by atoms with Crippen molar-refractivity contribution >= 4 is 5.82 Å². The average molecular weight is 196 g/mol. The predicted octanol–water partition coefficient (Wildman–Crippen LogP) is 0.567. The molecular weight excluding hydrogens is 184 g/mol. The fourth-order valence-electron chi connectivity index (χ4n) is 1.09. The molecule has 0 fully saturated rings. The SMILES string of the molecule is C=C(CNC)Cn1cnc([N+](=O)[O-])c1. The highest BCUT2D eigenvalue weighted by Crippen LogP contribution is 2.06. The summed E-state index contributed by atoms with van der Waals surface area (Å²) in [6, 6.07) is 0. The van der Waals surface area contributed by atoms with Gasteiger partial charge in [-0.3, -0.25) is 0 Å². The Morgan fingerprint density at radius 3 is 3.07 bits per heavy atom. The standard InChI is InChI=1S/C8H12N4O2/c1-7(3-9-2)4-11-5-8(10-6-11)12(13)14/h5-6,9H,1,3-4H2,2H3. The summed E-state index contributed by atoms with van der Waals surface area (Å²) in [5, 5.41) is 13.3. The Morgan fingerprint density at radius 2 is 2.57 bits per heavy atom. The van der Waals surface area contributed by atoms with Crippen LogP contribution >= 0.6 is 0 Å². The Hall–Kier alpha value is -1.69. The summed E-state index contributed by atoms with van der Waals surface area (Å²) in [6.45, 7) is 5.04. The number of nitrogens with one attached hydrogen (secondary N) is 1. The molecular formula is C8H12N4O2. The lowest BCUT2D eigenvalue weighted by molar-refractivity contribution is -0.389. The van der Waals surface area contributed by atoms with Gasteiger partial charge in [-0.05, 0) is 22.5 Å². The predicted molar refractivity (Wildman–Crippen MR) is 51.9 cm³/mol. The van der Waals surface area contributed by atoms with Crippen LogP contribution in [0.5, 0.6) is 0 Å². The van der Waals surface area contributed by atoms with Crippen LogP contribution in [0.1, 0.15) is 0 Å². The molecule has 1 N–H and O–H groups in total. The van der Waals surface area contributed by atoms with Gasteiger partial charge in [-0.15, -0.1) is 0 Å². The average Bonchev–Trinajstić information content (AvgIpc) is 2.53. The summed E-state index contributed by atoms with van der Waals surface area (Å²) in [7, 11) is 1.82. The Bertz CT molecular complexity index is 345. The fourth-order valence-corrected chi connectivity index (χ4v) is 1.09. The van der Waals surface area contributed by atoms with Crippen molar-refractivity contribution in [1.82, 2.24) is 14.9 Å². The minimum absolute atomic E-state index is 0.137. The molecule has 0 radical (unpaired) electrons. The maximum atomic E-state index is 10.3. The van der Waals surface area contributed by atoms with E-state index in [0.717, 1.165) is 5.57 Å².